The van der Waals surface area contributed by atoms with E-state index in [0.29, 0.717) is 5.01 Å². The summed E-state index contributed by atoms with van der Waals surface area (Å²) < 4.78 is 0. The fourth-order valence-electron chi connectivity index (χ4n) is 0.515. The molecule has 0 spiro atoms. The number of nitrogens with one attached hydrogen (secondary N) is 1. The Morgan fingerprint density at radius 2 is 1.85 bits per heavy atom. The average molecular weight is 197 g/mol. The molecule has 0 atom stereocenters. The van der Waals surface area contributed by atoms with Crippen molar-refractivity contribution in [1.29, 1.82) is 5.41 Å². The second-order valence-corrected chi connectivity index (χ2v) is 1.86. The smallest absolute Gasteiger partial charge is 0.207 e. The number of hydrazine groups is 1. The molecule has 0 aromatic carbocycles. The average Bonchev–Trinajstić information content (AvgIpc) is 1.95. The highest BCUT2D eigenvalue weighted by Crippen LogP contribution is 1.89. The molecule has 0 unspecified atom stereocenters. The lowest BCUT2D eigenvalue weighted by Crippen LogP contribution is -2.48. The monoisotopic (exact) mass is 197 g/mol. The maximum Gasteiger partial charge on any atom is 0.207 e. The van der Waals surface area contributed by atoms with Crippen molar-refractivity contribution >= 4 is 5.96 Å². The van der Waals surface area contributed by atoms with Crippen LogP contribution < -0.4 is 5.73 Å². The molecule has 10 nitrogen and oxygen atoms in total. The zero-order chi connectivity index (χ0) is 10.4. The molecule has 0 aromatic rings. The number of hydrogen-bond donors (Lipinski definition) is 6. The van der Waals surface area contributed by atoms with Gasteiger partial charge in [0.05, 0.1) is 18.5 Å². The number of hydrogen-bond acceptors (Lipinski definition) is 8. The first-order valence-corrected chi connectivity index (χ1v) is 3.05. The summed E-state index contributed by atoms with van der Waals surface area (Å²) in [5.74, 6) is -0.643. The Bertz CT molecular complexity index is 162. The highest BCUT2D eigenvalue weighted by Gasteiger charge is 2.12. The summed E-state index contributed by atoms with van der Waals surface area (Å²) in [6.07, 6.45) is 0. The van der Waals surface area contributed by atoms with Crippen LogP contribution in [0.15, 0.2) is 0 Å². The molecule has 0 rings (SSSR count). The third-order valence-corrected chi connectivity index (χ3v) is 1.00. The summed E-state index contributed by atoms with van der Waals surface area (Å²) in [5.41, 5.74) is 4.91. The van der Waals surface area contributed by atoms with Crippen LogP contribution in [0.25, 0.3) is 0 Å². The Hall–Kier alpha value is -1.01. The molecule has 0 radical (unpaired) electrons. The Kier molecular flexibility index (Phi) is 5.17. The van der Waals surface area contributed by atoms with Crippen molar-refractivity contribution in [2.24, 2.45) is 5.73 Å². The van der Waals surface area contributed by atoms with E-state index in [2.05, 4.69) is 4.84 Å². The van der Waals surface area contributed by atoms with Crippen molar-refractivity contribution in [1.82, 2.24) is 15.7 Å². The number of nitrogens with zero attached hydrogens (tertiary/aromatic N) is 3. The molecule has 0 fully saturated rings. The van der Waals surface area contributed by atoms with Crippen molar-refractivity contribution < 1.29 is 25.7 Å². The van der Waals surface area contributed by atoms with E-state index >= 15 is 0 Å². The predicted molar refractivity (Wildman–Crippen MR) is 35.4 cm³/mol. The van der Waals surface area contributed by atoms with Gasteiger partial charge in [-0.25, -0.2) is 9.85 Å². The van der Waals surface area contributed by atoms with Crippen molar-refractivity contribution in [3.8, 4) is 0 Å². The van der Waals surface area contributed by atoms with Gasteiger partial charge in [0.2, 0.25) is 5.96 Å². The van der Waals surface area contributed by atoms with Gasteiger partial charge < -0.3 is 5.73 Å². The molecule has 78 valence electrons. The van der Waals surface area contributed by atoms with Gasteiger partial charge in [0.15, 0.2) is 0 Å². The highest BCUT2D eigenvalue weighted by atomic mass is 17.1. The van der Waals surface area contributed by atoms with E-state index in [4.69, 9.17) is 32.0 Å². The Labute approximate surface area is 72.8 Å². The quantitative estimate of drug-likeness (QED) is 0.170. The molecule has 13 heavy (non-hydrogen) atoms. The Morgan fingerprint density at radius 1 is 1.31 bits per heavy atom. The minimum Gasteiger partial charge on any atom is -0.369 e. The SMILES string of the molecule is N=C(N)N(CCON(O)O)N(O)O. The number of nitrogens with two attached hydrogens (primary N) is 1. The topological polar surface area (TPSA) is 150 Å². The molecule has 7 N–H and O–H groups in total. The molecule has 0 aliphatic carbocycles. The highest BCUT2D eigenvalue weighted by molar-refractivity contribution is 5.73. The third kappa shape index (κ3) is 5.26. The molecule has 10 heteroatoms. The first kappa shape index (κ1) is 12.0. The molecule has 0 aliphatic heterocycles. The van der Waals surface area contributed by atoms with E-state index < -0.39 is 16.7 Å². The van der Waals surface area contributed by atoms with Crippen LogP contribution in [-0.2, 0) is 4.84 Å². The van der Waals surface area contributed by atoms with Gasteiger partial charge in [-0.2, -0.15) is 0 Å². The van der Waals surface area contributed by atoms with Crippen molar-refractivity contribution in [3.63, 3.8) is 0 Å². The van der Waals surface area contributed by atoms with Crippen LogP contribution in [0.4, 0.5) is 0 Å². The van der Waals surface area contributed by atoms with E-state index in [1.54, 1.807) is 0 Å². The van der Waals surface area contributed by atoms with Gasteiger partial charge in [0, 0.05) is 5.34 Å². The zero-order valence-corrected chi connectivity index (χ0v) is 6.53. The lowest BCUT2D eigenvalue weighted by molar-refractivity contribution is -0.495. The molecular formula is C3H11N5O5. The molecule has 0 heterocycles. The van der Waals surface area contributed by atoms with Crippen LogP contribution in [0.1, 0.15) is 0 Å². The second-order valence-electron chi connectivity index (χ2n) is 1.86. The maximum absolute atomic E-state index is 8.45. The predicted octanol–water partition coefficient (Wildman–Crippen LogP) is -1.81. The van der Waals surface area contributed by atoms with E-state index in [0.717, 1.165) is 0 Å². The fourth-order valence-corrected chi connectivity index (χ4v) is 0.515. The van der Waals surface area contributed by atoms with Crippen LogP contribution in [0.5, 0.6) is 0 Å². The van der Waals surface area contributed by atoms with Gasteiger partial charge in [-0.3, -0.25) is 26.2 Å². The van der Waals surface area contributed by atoms with E-state index in [-0.39, 0.29) is 13.2 Å². The zero-order valence-electron chi connectivity index (χ0n) is 6.53. The minimum absolute atomic E-state index is 0.250. The summed E-state index contributed by atoms with van der Waals surface area (Å²) >= 11 is 0. The summed E-state index contributed by atoms with van der Waals surface area (Å²) in [6.45, 7) is -0.565. The van der Waals surface area contributed by atoms with Crippen molar-refractivity contribution in [3.05, 3.63) is 0 Å². The molecule has 0 saturated carbocycles. The summed E-state index contributed by atoms with van der Waals surface area (Å²) in [4.78, 5) is 4.07. The van der Waals surface area contributed by atoms with Crippen LogP contribution in [0, 0.1) is 5.41 Å². The van der Waals surface area contributed by atoms with Gasteiger partial charge in [-0.15, -0.1) is 0 Å². The molecule has 0 amide bonds. The first-order valence-electron chi connectivity index (χ1n) is 3.05. The van der Waals surface area contributed by atoms with E-state index in [1.807, 2.05) is 0 Å². The molecule has 0 bridgehead atoms. The largest absolute Gasteiger partial charge is 0.369 e. The standard InChI is InChI=1S/C3H11N5O5/c4-3(5)6(7(9)10)1-2-13-8(11)12/h9-12H,1-2H2,(H3,4,5). The normalized spacial score (nSPS) is 10.9. The van der Waals surface area contributed by atoms with Crippen LogP contribution in [0.3, 0.4) is 0 Å². The summed E-state index contributed by atoms with van der Waals surface area (Å²) in [7, 11) is 0. The Balaban J connectivity index is 3.77. The number of guanidine groups is 1. The fraction of sp³-hybridized carbons (Fsp3) is 0.667. The lowest BCUT2D eigenvalue weighted by Gasteiger charge is -2.24. The van der Waals surface area contributed by atoms with Crippen LogP contribution in [0.2, 0.25) is 0 Å². The lowest BCUT2D eigenvalue weighted by atomic mass is 10.6. The van der Waals surface area contributed by atoms with Crippen molar-refractivity contribution in [2.45, 2.75) is 0 Å². The molecule has 0 aliphatic rings. The van der Waals surface area contributed by atoms with Crippen LogP contribution in [-0.4, -0.2) is 55.7 Å². The van der Waals surface area contributed by atoms with Gasteiger partial charge in [0.25, 0.3) is 0 Å². The van der Waals surface area contributed by atoms with Gasteiger partial charge in [0.1, 0.15) is 0 Å². The molecular weight excluding hydrogens is 186 g/mol. The van der Waals surface area contributed by atoms with Crippen LogP contribution >= 0.6 is 0 Å². The third-order valence-electron chi connectivity index (χ3n) is 1.00. The summed E-state index contributed by atoms with van der Waals surface area (Å²) in [6, 6.07) is 0. The number of rotatable bonds is 5. The minimum atomic E-state index is -0.643. The first-order chi connectivity index (χ1) is 5.95. The molecule has 0 aromatic heterocycles. The van der Waals surface area contributed by atoms with E-state index in [1.165, 1.54) is 0 Å². The second kappa shape index (κ2) is 5.60. The van der Waals surface area contributed by atoms with Gasteiger partial charge in [-0.05, 0) is 0 Å². The maximum atomic E-state index is 8.45. The van der Waals surface area contributed by atoms with E-state index in [9.17, 15) is 0 Å². The van der Waals surface area contributed by atoms with Gasteiger partial charge >= 0.3 is 0 Å². The molecule has 0 saturated heterocycles. The Morgan fingerprint density at radius 3 is 2.15 bits per heavy atom. The summed E-state index contributed by atoms with van der Waals surface area (Å²) in [5, 5.41) is 39.4. The van der Waals surface area contributed by atoms with Crippen molar-refractivity contribution in [2.75, 3.05) is 13.2 Å². The van der Waals surface area contributed by atoms with Gasteiger partial charge in [-0.1, -0.05) is 0 Å².